The van der Waals surface area contributed by atoms with Crippen molar-refractivity contribution in [1.82, 2.24) is 10.2 Å². The molecule has 5 heteroatoms. The van der Waals surface area contributed by atoms with Gasteiger partial charge in [0.15, 0.2) is 0 Å². The number of carbonyl (C=O) groups is 2. The highest BCUT2D eigenvalue weighted by atomic mass is 16.6. The Kier molecular flexibility index (Phi) is 6.30. The molecule has 0 atom stereocenters. The molecule has 0 radical (unpaired) electrons. The molecule has 1 saturated carbocycles. The van der Waals surface area contributed by atoms with Gasteiger partial charge in [0.05, 0.1) is 0 Å². The van der Waals surface area contributed by atoms with Crippen molar-refractivity contribution >= 4 is 12.0 Å². The quantitative estimate of drug-likeness (QED) is 0.801. The van der Waals surface area contributed by atoms with Crippen molar-refractivity contribution in [2.24, 2.45) is 5.92 Å². The van der Waals surface area contributed by atoms with Gasteiger partial charge in [0.25, 0.3) is 0 Å². The summed E-state index contributed by atoms with van der Waals surface area (Å²) in [5.41, 5.74) is 0.842. The van der Waals surface area contributed by atoms with Crippen LogP contribution < -0.4 is 5.32 Å². The Morgan fingerprint density at radius 2 is 1.75 bits per heavy atom. The molecule has 2 fully saturated rings. The number of allylic oxidation sites excluding steroid dienone is 1. The summed E-state index contributed by atoms with van der Waals surface area (Å²) < 4.78 is 5.40. The summed E-state index contributed by atoms with van der Waals surface area (Å²) in [5.74, 6) is 0.519. The van der Waals surface area contributed by atoms with E-state index in [2.05, 4.69) is 11.9 Å². The number of piperidine rings is 1. The van der Waals surface area contributed by atoms with Gasteiger partial charge < -0.3 is 15.0 Å². The average Bonchev–Trinajstić information content (AvgIpc) is 2.48. The van der Waals surface area contributed by atoms with Crippen molar-refractivity contribution in [3.8, 4) is 0 Å². The molecule has 1 saturated heterocycles. The minimum atomic E-state index is -0.459. The molecule has 5 nitrogen and oxygen atoms in total. The number of likely N-dealkylation sites (tertiary alicyclic amines) is 1. The van der Waals surface area contributed by atoms with Crippen molar-refractivity contribution in [2.75, 3.05) is 13.1 Å². The van der Waals surface area contributed by atoms with Crippen LogP contribution in [0.3, 0.4) is 0 Å². The minimum Gasteiger partial charge on any atom is -0.444 e. The predicted molar refractivity (Wildman–Crippen MR) is 94.7 cm³/mol. The predicted octanol–water partition coefficient (Wildman–Crippen LogP) is 3.64. The number of nitrogens with one attached hydrogen (secondary N) is 1. The van der Waals surface area contributed by atoms with Gasteiger partial charge in [0.1, 0.15) is 5.60 Å². The second kappa shape index (κ2) is 8.04. The first kappa shape index (κ1) is 18.8. The summed E-state index contributed by atoms with van der Waals surface area (Å²) >= 11 is 0. The van der Waals surface area contributed by atoms with Crippen LogP contribution in [-0.2, 0) is 9.53 Å². The van der Waals surface area contributed by atoms with E-state index < -0.39 is 5.60 Å². The van der Waals surface area contributed by atoms with Gasteiger partial charge in [-0.25, -0.2) is 4.79 Å². The lowest BCUT2D eigenvalue weighted by Crippen LogP contribution is -2.43. The molecule has 24 heavy (non-hydrogen) atoms. The lowest BCUT2D eigenvalue weighted by molar-refractivity contribution is -0.123. The summed E-state index contributed by atoms with van der Waals surface area (Å²) in [6.07, 6.45) is 6.15. The van der Waals surface area contributed by atoms with Crippen LogP contribution in [0.5, 0.6) is 0 Å². The van der Waals surface area contributed by atoms with E-state index in [9.17, 15) is 9.59 Å². The zero-order valence-corrected chi connectivity index (χ0v) is 15.4. The Bertz CT molecular complexity index is 463. The molecule has 0 unspecified atom stereocenters. The Morgan fingerprint density at radius 3 is 2.29 bits per heavy atom. The van der Waals surface area contributed by atoms with E-state index in [1.807, 2.05) is 20.8 Å². The van der Waals surface area contributed by atoms with Gasteiger partial charge >= 0.3 is 6.09 Å². The number of hydrogen-bond acceptors (Lipinski definition) is 3. The SMILES string of the molecule is C=C1CCC(NC(=O)CC2CCN(C(=O)OC(C)(C)C)CC2)CC1. The summed E-state index contributed by atoms with van der Waals surface area (Å²) in [5, 5.41) is 3.17. The fourth-order valence-corrected chi connectivity index (χ4v) is 3.37. The third-order valence-corrected chi connectivity index (χ3v) is 4.80. The molecule has 1 aliphatic carbocycles. The molecule has 0 aromatic heterocycles. The second-order valence-corrected chi connectivity index (χ2v) is 8.21. The molecule has 0 aromatic carbocycles. The monoisotopic (exact) mass is 336 g/mol. The number of nitrogens with zero attached hydrogens (tertiary/aromatic N) is 1. The molecule has 0 spiro atoms. The summed E-state index contributed by atoms with van der Waals surface area (Å²) in [6.45, 7) is 11.0. The van der Waals surface area contributed by atoms with E-state index in [0.29, 0.717) is 31.5 Å². The molecule has 0 aromatic rings. The lowest BCUT2D eigenvalue weighted by Gasteiger charge is -2.33. The summed E-state index contributed by atoms with van der Waals surface area (Å²) in [7, 11) is 0. The van der Waals surface area contributed by atoms with Crippen LogP contribution in [0.15, 0.2) is 12.2 Å². The molecule has 1 heterocycles. The maximum atomic E-state index is 12.2. The molecular formula is C19H32N2O3. The van der Waals surface area contributed by atoms with Crippen LogP contribution in [0.2, 0.25) is 0 Å². The Morgan fingerprint density at radius 1 is 1.17 bits per heavy atom. The molecule has 136 valence electrons. The second-order valence-electron chi connectivity index (χ2n) is 8.21. The number of ether oxygens (including phenoxy) is 1. The third kappa shape index (κ3) is 6.17. The Balaban J connectivity index is 1.68. The van der Waals surface area contributed by atoms with Crippen LogP contribution >= 0.6 is 0 Å². The van der Waals surface area contributed by atoms with Crippen molar-refractivity contribution in [3.05, 3.63) is 12.2 Å². The number of rotatable bonds is 3. The van der Waals surface area contributed by atoms with E-state index >= 15 is 0 Å². The first-order valence-corrected chi connectivity index (χ1v) is 9.17. The van der Waals surface area contributed by atoms with E-state index in [0.717, 1.165) is 38.5 Å². The highest BCUT2D eigenvalue weighted by Crippen LogP contribution is 2.24. The van der Waals surface area contributed by atoms with Crippen LogP contribution in [0, 0.1) is 5.92 Å². The third-order valence-electron chi connectivity index (χ3n) is 4.80. The van der Waals surface area contributed by atoms with Crippen LogP contribution in [-0.4, -0.2) is 41.6 Å². The van der Waals surface area contributed by atoms with Gasteiger partial charge in [-0.3, -0.25) is 4.79 Å². The zero-order chi connectivity index (χ0) is 17.7. The van der Waals surface area contributed by atoms with Gasteiger partial charge in [-0.15, -0.1) is 0 Å². The number of hydrogen-bond donors (Lipinski definition) is 1. The largest absolute Gasteiger partial charge is 0.444 e. The van der Waals surface area contributed by atoms with Crippen molar-refractivity contribution in [2.45, 2.75) is 77.4 Å². The fraction of sp³-hybridized carbons (Fsp3) is 0.789. The molecule has 1 aliphatic heterocycles. The molecular weight excluding hydrogens is 304 g/mol. The Labute approximate surface area is 145 Å². The minimum absolute atomic E-state index is 0.156. The van der Waals surface area contributed by atoms with Gasteiger partial charge in [-0.1, -0.05) is 12.2 Å². The summed E-state index contributed by atoms with van der Waals surface area (Å²) in [4.78, 5) is 26.0. The Hall–Kier alpha value is -1.52. The van der Waals surface area contributed by atoms with Gasteiger partial charge in [-0.05, 0) is 65.2 Å². The molecule has 2 aliphatic rings. The van der Waals surface area contributed by atoms with E-state index in [1.54, 1.807) is 4.90 Å². The van der Waals surface area contributed by atoms with Crippen molar-refractivity contribution in [3.63, 3.8) is 0 Å². The maximum Gasteiger partial charge on any atom is 0.410 e. The first-order valence-electron chi connectivity index (χ1n) is 9.17. The number of amides is 2. The fourth-order valence-electron chi connectivity index (χ4n) is 3.37. The molecule has 1 N–H and O–H groups in total. The first-order chi connectivity index (χ1) is 11.2. The van der Waals surface area contributed by atoms with E-state index in [-0.39, 0.29) is 12.0 Å². The van der Waals surface area contributed by atoms with Crippen molar-refractivity contribution < 1.29 is 14.3 Å². The lowest BCUT2D eigenvalue weighted by atomic mass is 9.90. The smallest absolute Gasteiger partial charge is 0.410 e. The van der Waals surface area contributed by atoms with Crippen LogP contribution in [0.4, 0.5) is 4.79 Å². The standard InChI is InChI=1S/C19H32N2O3/c1-14-5-7-16(8-6-14)20-17(22)13-15-9-11-21(12-10-15)18(23)24-19(2,3)4/h15-16H,1,5-13H2,2-4H3,(H,20,22). The van der Waals surface area contributed by atoms with Gasteiger partial charge in [0, 0.05) is 25.6 Å². The molecule has 0 bridgehead atoms. The van der Waals surface area contributed by atoms with Gasteiger partial charge in [0.2, 0.25) is 5.91 Å². The average molecular weight is 336 g/mol. The van der Waals surface area contributed by atoms with E-state index in [4.69, 9.17) is 4.74 Å². The van der Waals surface area contributed by atoms with Crippen LogP contribution in [0.1, 0.15) is 65.7 Å². The zero-order valence-electron chi connectivity index (χ0n) is 15.4. The van der Waals surface area contributed by atoms with Gasteiger partial charge in [-0.2, -0.15) is 0 Å². The molecule has 2 rings (SSSR count). The highest BCUT2D eigenvalue weighted by molar-refractivity contribution is 5.76. The maximum absolute atomic E-state index is 12.2. The number of carbonyl (C=O) groups excluding carboxylic acids is 2. The van der Waals surface area contributed by atoms with E-state index in [1.165, 1.54) is 5.57 Å². The topological polar surface area (TPSA) is 58.6 Å². The normalized spacial score (nSPS) is 20.8. The van der Waals surface area contributed by atoms with Crippen molar-refractivity contribution in [1.29, 1.82) is 0 Å². The summed E-state index contributed by atoms with van der Waals surface area (Å²) in [6, 6.07) is 0.310. The molecule has 2 amide bonds. The van der Waals surface area contributed by atoms with Crippen LogP contribution in [0.25, 0.3) is 0 Å². The highest BCUT2D eigenvalue weighted by Gasteiger charge is 2.28.